The number of nitrogens with zero attached hydrogens (tertiary/aromatic N) is 1. The summed E-state index contributed by atoms with van der Waals surface area (Å²) in [6, 6.07) is 6.21. The van der Waals surface area contributed by atoms with E-state index >= 15 is 0 Å². The largest absolute Gasteiger partial charge is 0.497 e. The Bertz CT molecular complexity index is 674. The summed E-state index contributed by atoms with van der Waals surface area (Å²) in [4.78, 5) is 11.7. The van der Waals surface area contributed by atoms with Crippen LogP contribution in [0.15, 0.2) is 39.3 Å². The summed E-state index contributed by atoms with van der Waals surface area (Å²) in [6.07, 6.45) is 0.872. The molecule has 1 aromatic carbocycles. The van der Waals surface area contributed by atoms with E-state index in [1.807, 2.05) is 0 Å². The molecule has 1 heterocycles. The Morgan fingerprint density at radius 3 is 2.26 bits per heavy atom. The van der Waals surface area contributed by atoms with E-state index < -0.39 is 21.0 Å². The van der Waals surface area contributed by atoms with Crippen molar-refractivity contribution < 1.29 is 22.7 Å². The first-order valence-corrected chi connectivity index (χ1v) is 6.54. The smallest absolute Gasteiger partial charge is 0.348 e. The molecule has 1 aliphatic rings. The van der Waals surface area contributed by atoms with Crippen LogP contribution in [0.25, 0.3) is 0 Å². The fraction of sp³-hybridized carbons (Fsp3) is 0.0909. The fourth-order valence-electron chi connectivity index (χ4n) is 1.34. The minimum atomic E-state index is -3.92. The Morgan fingerprint density at radius 2 is 1.79 bits per heavy atom. The molecule has 0 atom stereocenters. The molecule has 0 fully saturated rings. The monoisotopic (exact) mass is 282 g/mol. The quantitative estimate of drug-likeness (QED) is 0.626. The van der Waals surface area contributed by atoms with Crippen molar-refractivity contribution in [1.29, 1.82) is 0 Å². The zero-order chi connectivity index (χ0) is 14.0. The van der Waals surface area contributed by atoms with Crippen LogP contribution in [0.1, 0.15) is 0 Å². The third-order valence-corrected chi connectivity index (χ3v) is 3.51. The van der Waals surface area contributed by atoms with Crippen LogP contribution in [0.3, 0.4) is 0 Å². The van der Waals surface area contributed by atoms with Crippen LogP contribution in [-0.4, -0.2) is 27.7 Å². The first kappa shape index (κ1) is 13.1. The van der Waals surface area contributed by atoms with Gasteiger partial charge >= 0.3 is 5.97 Å². The molecule has 0 bridgehead atoms. The highest BCUT2D eigenvalue weighted by Gasteiger charge is 2.28. The highest BCUT2D eigenvalue weighted by Crippen LogP contribution is 2.20. The number of esters is 1. The molecule has 0 saturated heterocycles. The van der Waals surface area contributed by atoms with Crippen molar-refractivity contribution in [2.24, 2.45) is 10.1 Å². The Labute approximate surface area is 109 Å². The lowest BCUT2D eigenvalue weighted by molar-refractivity contribution is -0.129. The zero-order valence-corrected chi connectivity index (χ0v) is 10.7. The van der Waals surface area contributed by atoms with Crippen molar-refractivity contribution in [1.82, 2.24) is 0 Å². The number of carbonyl (C=O) groups excluding carboxylic acids is 1. The molecular weight excluding hydrogens is 272 g/mol. The van der Waals surface area contributed by atoms with Gasteiger partial charge < -0.3 is 15.2 Å². The maximum Gasteiger partial charge on any atom is 0.348 e. The van der Waals surface area contributed by atoms with Gasteiger partial charge in [-0.05, 0) is 24.3 Å². The lowest BCUT2D eigenvalue weighted by Crippen LogP contribution is -2.17. The lowest BCUT2D eigenvalue weighted by atomic mass is 10.3. The van der Waals surface area contributed by atoms with Gasteiger partial charge in [-0.1, -0.05) is 0 Å². The van der Waals surface area contributed by atoms with E-state index in [2.05, 4.69) is 4.40 Å². The molecule has 100 valence electrons. The van der Waals surface area contributed by atoms with E-state index in [0.717, 1.165) is 6.21 Å². The minimum absolute atomic E-state index is 0.240. The second-order valence-corrected chi connectivity index (χ2v) is 5.15. The van der Waals surface area contributed by atoms with E-state index in [4.69, 9.17) is 15.2 Å². The summed E-state index contributed by atoms with van der Waals surface area (Å²) in [5.41, 5.74) is 5.02. The number of hydrogen-bond acceptors (Lipinski definition) is 6. The maximum absolute atomic E-state index is 11.7. The van der Waals surface area contributed by atoms with Gasteiger partial charge in [0.05, 0.1) is 13.3 Å². The summed E-state index contributed by atoms with van der Waals surface area (Å²) in [5, 5.41) is -0.606. The van der Waals surface area contributed by atoms with Crippen LogP contribution in [0.5, 0.6) is 11.5 Å². The standard InChI is InChI=1S/C11H10N2O5S/c1-17-7-2-4-8(5-3-7)18-11(14)9-6-13-19(15,16)10(9)12/h2-6H,12H2,1H3. The predicted octanol–water partition coefficient (Wildman–Crippen LogP) is 0.185. The number of methoxy groups -OCH3 is 1. The summed E-state index contributed by atoms with van der Waals surface area (Å²) in [5.74, 6) is -0.0418. The van der Waals surface area contributed by atoms with E-state index in [1.54, 1.807) is 12.1 Å². The molecule has 7 nitrogen and oxygen atoms in total. The second kappa shape index (κ2) is 4.73. The molecule has 8 heteroatoms. The van der Waals surface area contributed by atoms with Crippen LogP contribution >= 0.6 is 0 Å². The minimum Gasteiger partial charge on any atom is -0.497 e. The van der Waals surface area contributed by atoms with Crippen molar-refractivity contribution >= 4 is 22.2 Å². The van der Waals surface area contributed by atoms with Gasteiger partial charge in [0.1, 0.15) is 17.1 Å². The number of nitrogens with two attached hydrogens (primary N) is 1. The average Bonchev–Trinajstić information content (AvgIpc) is 2.65. The third-order valence-electron chi connectivity index (χ3n) is 2.35. The Hall–Kier alpha value is -2.35. The molecule has 2 N–H and O–H groups in total. The maximum atomic E-state index is 11.7. The summed E-state index contributed by atoms with van der Waals surface area (Å²) in [7, 11) is -2.41. The van der Waals surface area contributed by atoms with Crippen LogP contribution in [0, 0.1) is 0 Å². The van der Waals surface area contributed by atoms with Gasteiger partial charge in [0.25, 0.3) is 10.0 Å². The topological polar surface area (TPSA) is 108 Å². The van der Waals surface area contributed by atoms with Crippen molar-refractivity contribution in [3.8, 4) is 11.5 Å². The van der Waals surface area contributed by atoms with E-state index in [-0.39, 0.29) is 11.3 Å². The van der Waals surface area contributed by atoms with Gasteiger partial charge in [-0.2, -0.15) is 12.8 Å². The van der Waals surface area contributed by atoms with E-state index in [0.29, 0.717) is 5.75 Å². The van der Waals surface area contributed by atoms with Gasteiger partial charge in [-0.15, -0.1) is 0 Å². The molecule has 0 unspecified atom stereocenters. The molecule has 0 aliphatic carbocycles. The molecule has 0 radical (unpaired) electrons. The summed E-state index contributed by atoms with van der Waals surface area (Å²) >= 11 is 0. The molecule has 1 aromatic rings. The number of benzene rings is 1. The van der Waals surface area contributed by atoms with Gasteiger partial charge in [0.15, 0.2) is 5.03 Å². The third kappa shape index (κ3) is 2.58. The highest BCUT2D eigenvalue weighted by atomic mass is 32.2. The summed E-state index contributed by atoms with van der Waals surface area (Å²) in [6.45, 7) is 0. The number of hydrogen-bond donors (Lipinski definition) is 1. The van der Waals surface area contributed by atoms with Crippen LogP contribution < -0.4 is 15.2 Å². The SMILES string of the molecule is COc1ccc(OC(=O)C2=C(N)S(=O)(=O)N=C2)cc1. The molecular formula is C11H10N2O5S. The van der Waals surface area contributed by atoms with Crippen molar-refractivity contribution in [2.45, 2.75) is 0 Å². The number of rotatable bonds is 3. The Morgan fingerprint density at radius 1 is 1.21 bits per heavy atom. The number of ether oxygens (including phenoxy) is 2. The molecule has 0 spiro atoms. The van der Waals surface area contributed by atoms with Gasteiger partial charge in [-0.3, -0.25) is 0 Å². The molecule has 2 rings (SSSR count). The van der Waals surface area contributed by atoms with Gasteiger partial charge in [0, 0.05) is 0 Å². The highest BCUT2D eigenvalue weighted by molar-refractivity contribution is 7.94. The molecule has 0 saturated carbocycles. The lowest BCUT2D eigenvalue weighted by Gasteiger charge is -2.05. The molecule has 0 amide bonds. The van der Waals surface area contributed by atoms with Gasteiger partial charge in [-0.25, -0.2) is 4.79 Å². The van der Waals surface area contributed by atoms with Crippen molar-refractivity contribution in [2.75, 3.05) is 7.11 Å². The Balaban J connectivity index is 2.18. The molecule has 1 aliphatic heterocycles. The van der Waals surface area contributed by atoms with E-state index in [9.17, 15) is 13.2 Å². The average molecular weight is 282 g/mol. The van der Waals surface area contributed by atoms with E-state index in [1.165, 1.54) is 19.2 Å². The number of carbonyl (C=O) groups is 1. The normalized spacial score (nSPS) is 16.5. The van der Waals surface area contributed by atoms with Crippen molar-refractivity contribution in [3.05, 3.63) is 34.9 Å². The van der Waals surface area contributed by atoms with Crippen LogP contribution in [0.2, 0.25) is 0 Å². The predicted molar refractivity (Wildman–Crippen MR) is 67.3 cm³/mol. The zero-order valence-electron chi connectivity index (χ0n) is 9.86. The van der Waals surface area contributed by atoms with Crippen LogP contribution in [0.4, 0.5) is 0 Å². The summed E-state index contributed by atoms with van der Waals surface area (Å²) < 4.78 is 35.5. The Kier molecular flexibility index (Phi) is 3.26. The second-order valence-electron chi connectivity index (χ2n) is 3.55. The first-order chi connectivity index (χ1) is 8.94. The number of sulfonamides is 1. The van der Waals surface area contributed by atoms with Gasteiger partial charge in [0.2, 0.25) is 0 Å². The van der Waals surface area contributed by atoms with Crippen LogP contribution in [-0.2, 0) is 14.8 Å². The first-order valence-electron chi connectivity index (χ1n) is 5.10. The molecule has 0 aromatic heterocycles. The fourth-order valence-corrected chi connectivity index (χ4v) is 2.11. The molecule has 19 heavy (non-hydrogen) atoms. The van der Waals surface area contributed by atoms with Crippen molar-refractivity contribution in [3.63, 3.8) is 0 Å².